The van der Waals surface area contributed by atoms with E-state index in [1.807, 2.05) is 12.4 Å². The molecule has 1 aromatic heterocycles. The molecule has 1 aliphatic carbocycles. The molecule has 0 aliphatic heterocycles. The number of hydrogen-bond acceptors (Lipinski definition) is 4. The van der Waals surface area contributed by atoms with Crippen LogP contribution in [0.5, 0.6) is 0 Å². The fourth-order valence-corrected chi connectivity index (χ4v) is 3.92. The first-order valence-electron chi connectivity index (χ1n) is 6.82. The molecule has 0 unspecified atom stereocenters. The lowest BCUT2D eigenvalue weighted by atomic mass is 9.72. The zero-order valence-electron chi connectivity index (χ0n) is 11.1. The van der Waals surface area contributed by atoms with Crippen LogP contribution in [0.3, 0.4) is 0 Å². The van der Waals surface area contributed by atoms with E-state index in [1.54, 1.807) is 11.3 Å². The molecule has 0 radical (unpaired) electrons. The van der Waals surface area contributed by atoms with Gasteiger partial charge in [-0.3, -0.25) is 0 Å². The van der Waals surface area contributed by atoms with Crippen molar-refractivity contribution in [1.82, 2.24) is 4.98 Å². The molecule has 2 rings (SSSR count). The minimum atomic E-state index is -0.285. The second kappa shape index (κ2) is 6.13. The Morgan fingerprint density at radius 3 is 2.50 bits per heavy atom. The highest BCUT2D eigenvalue weighted by Crippen LogP contribution is 2.42. The summed E-state index contributed by atoms with van der Waals surface area (Å²) in [7, 11) is 0. The van der Waals surface area contributed by atoms with Crippen LogP contribution in [-0.4, -0.2) is 28.4 Å². The number of nitrogens with zero attached hydrogens (tertiary/aromatic N) is 1. The van der Waals surface area contributed by atoms with Crippen molar-refractivity contribution in [2.24, 2.45) is 11.3 Å². The molecule has 0 amide bonds. The second-order valence-electron chi connectivity index (χ2n) is 5.52. The van der Waals surface area contributed by atoms with Gasteiger partial charge in [0.15, 0.2) is 0 Å². The highest BCUT2D eigenvalue weighted by Gasteiger charge is 2.39. The number of thiazole rings is 1. The van der Waals surface area contributed by atoms with Crippen LogP contribution in [0.25, 0.3) is 0 Å². The zero-order valence-corrected chi connectivity index (χ0v) is 11.9. The van der Waals surface area contributed by atoms with Gasteiger partial charge in [-0.05, 0) is 38.5 Å². The fraction of sp³-hybridized carbons (Fsp3) is 0.786. The Labute approximate surface area is 113 Å². The van der Waals surface area contributed by atoms with E-state index < -0.39 is 0 Å². The SMILES string of the molecule is Cc1ncsc1CCC(CO)(CO)C1CCCC1. The number of hydrogen-bond donors (Lipinski definition) is 2. The molecule has 1 aromatic rings. The van der Waals surface area contributed by atoms with E-state index in [0.29, 0.717) is 5.92 Å². The molecule has 1 saturated carbocycles. The van der Waals surface area contributed by atoms with Gasteiger partial charge in [0.05, 0.1) is 24.4 Å². The third-order valence-electron chi connectivity index (χ3n) is 4.55. The van der Waals surface area contributed by atoms with Gasteiger partial charge < -0.3 is 10.2 Å². The maximum Gasteiger partial charge on any atom is 0.0797 e. The maximum absolute atomic E-state index is 9.76. The normalized spacial score (nSPS) is 17.5. The van der Waals surface area contributed by atoms with Crippen LogP contribution in [0.1, 0.15) is 42.7 Å². The summed E-state index contributed by atoms with van der Waals surface area (Å²) in [6, 6.07) is 0. The molecule has 102 valence electrons. The fourth-order valence-electron chi connectivity index (χ4n) is 3.14. The van der Waals surface area contributed by atoms with E-state index in [-0.39, 0.29) is 18.6 Å². The van der Waals surface area contributed by atoms with E-state index in [9.17, 15) is 10.2 Å². The predicted octanol–water partition coefficient (Wildman–Crippen LogP) is 2.55. The summed E-state index contributed by atoms with van der Waals surface area (Å²) in [5.74, 6) is 0.487. The van der Waals surface area contributed by atoms with Crippen molar-refractivity contribution in [1.29, 1.82) is 0 Å². The molecule has 0 atom stereocenters. The largest absolute Gasteiger partial charge is 0.396 e. The standard InChI is InChI=1S/C14H23NO2S/c1-11-13(18-10-15-11)6-7-14(8-16,9-17)12-4-2-3-5-12/h10,12,16-17H,2-9H2,1H3. The lowest BCUT2D eigenvalue weighted by molar-refractivity contribution is -0.00114. The quantitative estimate of drug-likeness (QED) is 0.834. The van der Waals surface area contributed by atoms with Gasteiger partial charge in [0.25, 0.3) is 0 Å². The average molecular weight is 269 g/mol. The van der Waals surface area contributed by atoms with Gasteiger partial charge in [-0.15, -0.1) is 11.3 Å². The topological polar surface area (TPSA) is 53.4 Å². The highest BCUT2D eigenvalue weighted by atomic mass is 32.1. The van der Waals surface area contributed by atoms with E-state index in [1.165, 1.54) is 17.7 Å². The number of aliphatic hydroxyl groups excluding tert-OH is 2. The first-order valence-corrected chi connectivity index (χ1v) is 7.70. The lowest BCUT2D eigenvalue weighted by Crippen LogP contribution is -2.37. The van der Waals surface area contributed by atoms with Crippen LogP contribution in [0.2, 0.25) is 0 Å². The molecule has 1 heterocycles. The van der Waals surface area contributed by atoms with Crippen LogP contribution in [0.15, 0.2) is 5.51 Å². The Balaban J connectivity index is 2.03. The summed E-state index contributed by atoms with van der Waals surface area (Å²) >= 11 is 1.68. The summed E-state index contributed by atoms with van der Waals surface area (Å²) < 4.78 is 0. The average Bonchev–Trinajstić information content (AvgIpc) is 3.04. The molecule has 1 aliphatic rings. The van der Waals surface area contributed by atoms with Crippen molar-refractivity contribution in [3.8, 4) is 0 Å². The predicted molar refractivity (Wildman–Crippen MR) is 73.7 cm³/mol. The first kappa shape index (κ1) is 14.0. The van der Waals surface area contributed by atoms with Gasteiger partial charge in [0.2, 0.25) is 0 Å². The van der Waals surface area contributed by atoms with Gasteiger partial charge in [0.1, 0.15) is 0 Å². The maximum atomic E-state index is 9.76. The van der Waals surface area contributed by atoms with Crippen molar-refractivity contribution in [2.45, 2.75) is 45.4 Å². The Morgan fingerprint density at radius 2 is 2.00 bits per heavy atom. The molecule has 4 heteroatoms. The third-order valence-corrected chi connectivity index (χ3v) is 5.54. The highest BCUT2D eigenvalue weighted by molar-refractivity contribution is 7.09. The Bertz CT molecular complexity index is 368. The molecule has 2 N–H and O–H groups in total. The van der Waals surface area contributed by atoms with Gasteiger partial charge in [-0.1, -0.05) is 12.8 Å². The van der Waals surface area contributed by atoms with Crippen LogP contribution in [0, 0.1) is 18.3 Å². The number of aliphatic hydroxyl groups is 2. The summed E-state index contributed by atoms with van der Waals surface area (Å²) in [5, 5.41) is 19.5. The summed E-state index contributed by atoms with van der Waals surface area (Å²) in [6.45, 7) is 2.24. The number of aryl methyl sites for hydroxylation is 2. The van der Waals surface area contributed by atoms with E-state index in [4.69, 9.17) is 0 Å². The van der Waals surface area contributed by atoms with Gasteiger partial charge >= 0.3 is 0 Å². The van der Waals surface area contributed by atoms with Crippen molar-refractivity contribution in [2.75, 3.05) is 13.2 Å². The summed E-state index contributed by atoms with van der Waals surface area (Å²) in [5.41, 5.74) is 2.68. The molecule has 18 heavy (non-hydrogen) atoms. The van der Waals surface area contributed by atoms with Gasteiger partial charge in [-0.25, -0.2) is 4.98 Å². The molecule has 0 aromatic carbocycles. The minimum absolute atomic E-state index is 0.103. The monoisotopic (exact) mass is 269 g/mol. The van der Waals surface area contributed by atoms with E-state index in [2.05, 4.69) is 4.98 Å². The van der Waals surface area contributed by atoms with Crippen LogP contribution in [0.4, 0.5) is 0 Å². The van der Waals surface area contributed by atoms with Crippen LogP contribution >= 0.6 is 11.3 Å². The third kappa shape index (κ3) is 2.76. The Hall–Kier alpha value is -0.450. The molecule has 0 bridgehead atoms. The minimum Gasteiger partial charge on any atom is -0.396 e. The zero-order chi connectivity index (χ0) is 13.0. The smallest absolute Gasteiger partial charge is 0.0797 e. The molecular formula is C14H23NO2S. The first-order chi connectivity index (χ1) is 8.72. The molecular weight excluding hydrogens is 246 g/mol. The van der Waals surface area contributed by atoms with Crippen molar-refractivity contribution >= 4 is 11.3 Å². The van der Waals surface area contributed by atoms with Crippen molar-refractivity contribution in [3.05, 3.63) is 16.1 Å². The Morgan fingerprint density at radius 1 is 1.33 bits per heavy atom. The van der Waals surface area contributed by atoms with Crippen molar-refractivity contribution in [3.63, 3.8) is 0 Å². The van der Waals surface area contributed by atoms with Gasteiger partial charge in [0, 0.05) is 10.3 Å². The number of aromatic nitrogens is 1. The molecule has 3 nitrogen and oxygen atoms in total. The van der Waals surface area contributed by atoms with E-state index in [0.717, 1.165) is 31.4 Å². The summed E-state index contributed by atoms with van der Waals surface area (Å²) in [6.07, 6.45) is 6.59. The van der Waals surface area contributed by atoms with Gasteiger partial charge in [-0.2, -0.15) is 0 Å². The molecule has 0 saturated heterocycles. The number of rotatable bonds is 6. The molecule has 1 fully saturated rings. The Kier molecular flexibility index (Phi) is 4.76. The molecule has 0 spiro atoms. The lowest BCUT2D eigenvalue weighted by Gasteiger charge is -2.36. The second-order valence-corrected chi connectivity index (χ2v) is 6.46. The van der Waals surface area contributed by atoms with Crippen LogP contribution < -0.4 is 0 Å². The van der Waals surface area contributed by atoms with Crippen molar-refractivity contribution < 1.29 is 10.2 Å². The summed E-state index contributed by atoms with van der Waals surface area (Å²) in [4.78, 5) is 5.55. The van der Waals surface area contributed by atoms with Crippen LogP contribution in [-0.2, 0) is 6.42 Å². The van der Waals surface area contributed by atoms with E-state index >= 15 is 0 Å².